The fraction of sp³-hybridized carbons (Fsp3) is 0.438. The van der Waals surface area contributed by atoms with Gasteiger partial charge < -0.3 is 15.4 Å². The van der Waals surface area contributed by atoms with Gasteiger partial charge in [-0.1, -0.05) is 17.7 Å². The highest BCUT2D eigenvalue weighted by molar-refractivity contribution is 6.31. The molecule has 0 radical (unpaired) electrons. The number of hydrogen-bond donors (Lipinski definition) is 2. The van der Waals surface area contributed by atoms with Crippen molar-refractivity contribution in [2.75, 3.05) is 12.4 Å². The molecule has 1 atom stereocenters. The molecule has 0 aliphatic carbocycles. The highest BCUT2D eigenvalue weighted by Gasteiger charge is 2.36. The summed E-state index contributed by atoms with van der Waals surface area (Å²) in [6, 6.07) is 6.21. The topological polar surface area (TPSA) is 84.5 Å². The molecule has 0 saturated carbocycles. The lowest BCUT2D eigenvalue weighted by Gasteiger charge is -2.25. The van der Waals surface area contributed by atoms with Crippen molar-refractivity contribution in [1.29, 1.82) is 0 Å². The first-order chi connectivity index (χ1) is 10.7. The average molecular weight is 341 g/mol. The number of amides is 2. The van der Waals surface area contributed by atoms with Crippen LogP contribution in [-0.2, 0) is 19.1 Å². The van der Waals surface area contributed by atoms with Gasteiger partial charge in [0.2, 0.25) is 11.8 Å². The van der Waals surface area contributed by atoms with E-state index in [1.165, 1.54) is 21.0 Å². The number of carbonyl (C=O) groups is 3. The Balaban J connectivity index is 2.70. The van der Waals surface area contributed by atoms with Crippen LogP contribution in [0.15, 0.2) is 24.3 Å². The molecule has 7 heteroatoms. The maximum atomic E-state index is 12.3. The molecular weight excluding hydrogens is 320 g/mol. The SMILES string of the molecule is COC(=O)C[C@H](C)NC(=O)C(C)(C)C(=O)Nc1cccc(Cl)c1. The molecule has 0 bridgehead atoms. The molecule has 0 unspecified atom stereocenters. The first kappa shape index (κ1) is 19.0. The standard InChI is InChI=1S/C16H21ClN2O4/c1-10(8-13(20)23-4)18-14(21)16(2,3)15(22)19-12-7-5-6-11(17)9-12/h5-7,9-10H,8H2,1-4H3,(H,18,21)(H,19,22)/t10-/m0/s1. The summed E-state index contributed by atoms with van der Waals surface area (Å²) in [6.45, 7) is 4.68. The van der Waals surface area contributed by atoms with Crippen molar-refractivity contribution in [3.8, 4) is 0 Å². The molecule has 126 valence electrons. The van der Waals surface area contributed by atoms with Crippen molar-refractivity contribution in [2.45, 2.75) is 33.2 Å². The largest absolute Gasteiger partial charge is 0.469 e. The fourth-order valence-corrected chi connectivity index (χ4v) is 1.94. The van der Waals surface area contributed by atoms with Crippen LogP contribution in [0.25, 0.3) is 0 Å². The minimum absolute atomic E-state index is 0.0359. The molecule has 0 fully saturated rings. The lowest BCUT2D eigenvalue weighted by Crippen LogP contribution is -2.48. The van der Waals surface area contributed by atoms with Crippen molar-refractivity contribution in [2.24, 2.45) is 5.41 Å². The van der Waals surface area contributed by atoms with Crippen molar-refractivity contribution >= 4 is 35.1 Å². The summed E-state index contributed by atoms with van der Waals surface area (Å²) in [6.07, 6.45) is 0.0359. The summed E-state index contributed by atoms with van der Waals surface area (Å²) in [5, 5.41) is 5.77. The van der Waals surface area contributed by atoms with Gasteiger partial charge in [0.1, 0.15) is 5.41 Å². The number of nitrogens with one attached hydrogen (secondary N) is 2. The van der Waals surface area contributed by atoms with Gasteiger partial charge in [0.25, 0.3) is 0 Å². The minimum Gasteiger partial charge on any atom is -0.469 e. The molecule has 0 saturated heterocycles. The Hall–Kier alpha value is -2.08. The highest BCUT2D eigenvalue weighted by Crippen LogP contribution is 2.21. The third-order valence-electron chi connectivity index (χ3n) is 3.30. The summed E-state index contributed by atoms with van der Waals surface area (Å²) in [7, 11) is 1.28. The molecule has 0 heterocycles. The number of anilines is 1. The van der Waals surface area contributed by atoms with E-state index in [4.69, 9.17) is 11.6 Å². The molecule has 2 amide bonds. The number of carbonyl (C=O) groups excluding carboxylic acids is 3. The Morgan fingerprint density at radius 2 is 1.91 bits per heavy atom. The third kappa shape index (κ3) is 5.56. The van der Waals surface area contributed by atoms with E-state index in [0.717, 1.165) is 0 Å². The van der Waals surface area contributed by atoms with Crippen LogP contribution in [0.4, 0.5) is 5.69 Å². The lowest BCUT2D eigenvalue weighted by molar-refractivity contribution is -0.141. The molecule has 0 aliphatic rings. The fourth-order valence-electron chi connectivity index (χ4n) is 1.75. The van der Waals surface area contributed by atoms with Crippen LogP contribution >= 0.6 is 11.6 Å². The monoisotopic (exact) mass is 340 g/mol. The molecule has 0 spiro atoms. The predicted octanol–water partition coefficient (Wildman–Crippen LogP) is 2.37. The van der Waals surface area contributed by atoms with Crippen molar-refractivity contribution in [3.63, 3.8) is 0 Å². The zero-order valence-corrected chi connectivity index (χ0v) is 14.4. The summed E-state index contributed by atoms with van der Waals surface area (Å²) >= 11 is 5.86. The number of ether oxygens (including phenoxy) is 1. The van der Waals surface area contributed by atoms with Gasteiger partial charge in [0.15, 0.2) is 0 Å². The van der Waals surface area contributed by atoms with Crippen molar-refractivity contribution < 1.29 is 19.1 Å². The van der Waals surface area contributed by atoms with Crippen LogP contribution in [0.3, 0.4) is 0 Å². The molecule has 0 aliphatic heterocycles. The van der Waals surface area contributed by atoms with E-state index >= 15 is 0 Å². The first-order valence-corrected chi connectivity index (χ1v) is 7.49. The number of benzene rings is 1. The number of rotatable bonds is 6. The van der Waals surface area contributed by atoms with Crippen LogP contribution in [0.2, 0.25) is 5.02 Å². The first-order valence-electron chi connectivity index (χ1n) is 7.11. The Bertz CT molecular complexity index is 601. The Kier molecular flexibility index (Phi) is 6.57. The smallest absolute Gasteiger partial charge is 0.307 e. The van der Waals surface area contributed by atoms with Crippen LogP contribution in [0.1, 0.15) is 27.2 Å². The molecule has 1 aromatic rings. The maximum Gasteiger partial charge on any atom is 0.307 e. The second-order valence-corrected chi connectivity index (χ2v) is 6.18. The van der Waals surface area contributed by atoms with Crippen LogP contribution < -0.4 is 10.6 Å². The van der Waals surface area contributed by atoms with Crippen LogP contribution in [0.5, 0.6) is 0 Å². The number of esters is 1. The summed E-state index contributed by atoms with van der Waals surface area (Å²) < 4.78 is 4.54. The van der Waals surface area contributed by atoms with E-state index in [9.17, 15) is 14.4 Å². The van der Waals surface area contributed by atoms with E-state index in [0.29, 0.717) is 10.7 Å². The second-order valence-electron chi connectivity index (χ2n) is 5.74. The lowest BCUT2D eigenvalue weighted by atomic mass is 9.90. The van der Waals surface area contributed by atoms with Gasteiger partial charge in [0, 0.05) is 16.8 Å². The van der Waals surface area contributed by atoms with Crippen molar-refractivity contribution in [1.82, 2.24) is 5.32 Å². The van der Waals surface area contributed by atoms with Gasteiger partial charge in [-0.05, 0) is 39.0 Å². The molecule has 6 nitrogen and oxygen atoms in total. The Morgan fingerprint density at radius 3 is 2.48 bits per heavy atom. The normalized spacial score (nSPS) is 12.2. The summed E-state index contributed by atoms with van der Waals surface area (Å²) in [5.41, 5.74) is -0.807. The van der Waals surface area contributed by atoms with Crippen LogP contribution in [0, 0.1) is 5.41 Å². The Morgan fingerprint density at radius 1 is 1.26 bits per heavy atom. The number of halogens is 1. The van der Waals surface area contributed by atoms with E-state index in [2.05, 4.69) is 15.4 Å². The van der Waals surface area contributed by atoms with E-state index in [1.54, 1.807) is 31.2 Å². The predicted molar refractivity (Wildman–Crippen MR) is 88.1 cm³/mol. The van der Waals surface area contributed by atoms with E-state index < -0.39 is 29.2 Å². The molecule has 1 rings (SSSR count). The molecular formula is C16H21ClN2O4. The average Bonchev–Trinajstić information content (AvgIpc) is 2.46. The minimum atomic E-state index is -1.31. The number of methoxy groups -OCH3 is 1. The summed E-state index contributed by atoms with van der Waals surface area (Å²) in [5.74, 6) is -1.38. The second kappa shape index (κ2) is 7.97. The zero-order chi connectivity index (χ0) is 17.6. The van der Waals surface area contributed by atoms with Gasteiger partial charge in [-0.15, -0.1) is 0 Å². The zero-order valence-electron chi connectivity index (χ0n) is 13.6. The van der Waals surface area contributed by atoms with Gasteiger partial charge in [0.05, 0.1) is 13.5 Å². The van der Waals surface area contributed by atoms with Crippen LogP contribution in [-0.4, -0.2) is 30.9 Å². The maximum absolute atomic E-state index is 12.3. The van der Waals surface area contributed by atoms with Gasteiger partial charge in [-0.3, -0.25) is 14.4 Å². The number of hydrogen-bond acceptors (Lipinski definition) is 4. The van der Waals surface area contributed by atoms with Gasteiger partial charge >= 0.3 is 5.97 Å². The highest BCUT2D eigenvalue weighted by atomic mass is 35.5. The van der Waals surface area contributed by atoms with Gasteiger partial charge in [-0.2, -0.15) is 0 Å². The Labute approximate surface area is 140 Å². The molecule has 23 heavy (non-hydrogen) atoms. The molecule has 0 aromatic heterocycles. The third-order valence-corrected chi connectivity index (χ3v) is 3.53. The molecule has 1 aromatic carbocycles. The van der Waals surface area contributed by atoms with E-state index in [1.807, 2.05) is 0 Å². The van der Waals surface area contributed by atoms with Crippen molar-refractivity contribution in [3.05, 3.63) is 29.3 Å². The van der Waals surface area contributed by atoms with Gasteiger partial charge in [-0.25, -0.2) is 0 Å². The molecule has 2 N–H and O–H groups in total. The summed E-state index contributed by atoms with van der Waals surface area (Å²) in [4.78, 5) is 35.8. The van der Waals surface area contributed by atoms with E-state index in [-0.39, 0.29) is 6.42 Å². The quantitative estimate of drug-likeness (QED) is 0.615.